The Hall–Kier alpha value is -2.71. The standard InChI is InChI=1S/C22H24FN3O3S/c1-26-16-12-14(23)8-7-13(16)11-17(26)20(27)25-22-19(21(28)24-9-10-29-2)15-5-3-4-6-18(15)30-22/h7-8,11-12H,3-6,9-10H2,1-2H3,(H,24,28)(H,25,27). The lowest BCUT2D eigenvalue weighted by Gasteiger charge is -2.13. The van der Waals surface area contributed by atoms with Gasteiger partial charge in [-0.05, 0) is 55.5 Å². The molecule has 3 aromatic rings. The summed E-state index contributed by atoms with van der Waals surface area (Å²) in [5, 5.41) is 7.17. The van der Waals surface area contributed by atoms with Crippen LogP contribution in [0.25, 0.3) is 10.9 Å². The van der Waals surface area contributed by atoms with Gasteiger partial charge in [0.05, 0.1) is 17.7 Å². The van der Waals surface area contributed by atoms with Crippen molar-refractivity contribution in [3.63, 3.8) is 0 Å². The third kappa shape index (κ3) is 3.85. The number of nitrogens with one attached hydrogen (secondary N) is 2. The molecular weight excluding hydrogens is 405 g/mol. The van der Waals surface area contributed by atoms with Crippen LogP contribution < -0.4 is 10.6 Å². The summed E-state index contributed by atoms with van der Waals surface area (Å²) < 4.78 is 20.3. The molecule has 0 bridgehead atoms. The molecule has 1 aliphatic rings. The number of nitrogens with zero attached hydrogens (tertiary/aromatic N) is 1. The number of fused-ring (bicyclic) bond motifs is 2. The fourth-order valence-corrected chi connectivity index (χ4v) is 5.22. The molecule has 4 rings (SSSR count). The maximum absolute atomic E-state index is 13.6. The van der Waals surface area contributed by atoms with Gasteiger partial charge in [0, 0.05) is 31.0 Å². The molecule has 0 spiro atoms. The van der Waals surface area contributed by atoms with E-state index in [1.54, 1.807) is 30.9 Å². The molecule has 2 amide bonds. The summed E-state index contributed by atoms with van der Waals surface area (Å²) in [5.74, 6) is -0.865. The smallest absolute Gasteiger partial charge is 0.272 e. The number of halogens is 1. The highest BCUT2D eigenvalue weighted by Gasteiger charge is 2.27. The summed E-state index contributed by atoms with van der Waals surface area (Å²) in [5.41, 5.74) is 2.65. The molecule has 2 N–H and O–H groups in total. The van der Waals surface area contributed by atoms with Crippen LogP contribution in [0.4, 0.5) is 9.39 Å². The van der Waals surface area contributed by atoms with Crippen molar-refractivity contribution in [3.05, 3.63) is 51.8 Å². The summed E-state index contributed by atoms with van der Waals surface area (Å²) in [6.07, 6.45) is 3.87. The van der Waals surface area contributed by atoms with Gasteiger partial charge in [0.25, 0.3) is 11.8 Å². The van der Waals surface area contributed by atoms with E-state index in [0.717, 1.165) is 41.5 Å². The Morgan fingerprint density at radius 2 is 2.00 bits per heavy atom. The molecule has 158 valence electrons. The molecule has 8 heteroatoms. The molecule has 2 heterocycles. The Balaban J connectivity index is 1.65. The third-order valence-electron chi connectivity index (χ3n) is 5.46. The van der Waals surface area contributed by atoms with E-state index in [1.807, 2.05) is 0 Å². The number of ether oxygens (including phenoxy) is 1. The Kier molecular flexibility index (Phi) is 5.87. The topological polar surface area (TPSA) is 72.4 Å². The van der Waals surface area contributed by atoms with Crippen LogP contribution in [0.2, 0.25) is 0 Å². The summed E-state index contributed by atoms with van der Waals surface area (Å²) in [6, 6.07) is 6.17. The van der Waals surface area contributed by atoms with Crippen molar-refractivity contribution in [1.82, 2.24) is 9.88 Å². The summed E-state index contributed by atoms with van der Waals surface area (Å²) in [6.45, 7) is 0.828. The first-order chi connectivity index (χ1) is 14.5. The van der Waals surface area contributed by atoms with Crippen LogP contribution in [0.5, 0.6) is 0 Å². The second-order valence-electron chi connectivity index (χ2n) is 7.41. The van der Waals surface area contributed by atoms with E-state index in [0.29, 0.717) is 34.9 Å². The van der Waals surface area contributed by atoms with E-state index < -0.39 is 0 Å². The number of hydrogen-bond donors (Lipinski definition) is 2. The Morgan fingerprint density at radius 1 is 1.20 bits per heavy atom. The van der Waals surface area contributed by atoms with Crippen molar-refractivity contribution >= 4 is 39.1 Å². The average molecular weight is 430 g/mol. The lowest BCUT2D eigenvalue weighted by molar-refractivity contribution is 0.0937. The molecular formula is C22H24FN3O3S. The highest BCUT2D eigenvalue weighted by atomic mass is 32.1. The van der Waals surface area contributed by atoms with Crippen LogP contribution in [-0.4, -0.2) is 36.6 Å². The molecule has 0 saturated carbocycles. The number of carbonyl (C=O) groups is 2. The molecule has 2 aromatic heterocycles. The monoisotopic (exact) mass is 429 g/mol. The number of aryl methyl sites for hydroxylation is 2. The number of aromatic nitrogens is 1. The van der Waals surface area contributed by atoms with E-state index in [2.05, 4.69) is 10.6 Å². The first kappa shape index (κ1) is 20.6. The van der Waals surface area contributed by atoms with Crippen molar-refractivity contribution in [2.24, 2.45) is 7.05 Å². The minimum absolute atomic E-state index is 0.194. The Morgan fingerprint density at radius 3 is 2.80 bits per heavy atom. The predicted octanol–water partition coefficient (Wildman–Crippen LogP) is 3.89. The maximum Gasteiger partial charge on any atom is 0.272 e. The fourth-order valence-electron chi connectivity index (χ4n) is 3.94. The van der Waals surface area contributed by atoms with Crippen molar-refractivity contribution in [2.45, 2.75) is 25.7 Å². The molecule has 0 radical (unpaired) electrons. The van der Waals surface area contributed by atoms with Crippen LogP contribution in [0.3, 0.4) is 0 Å². The molecule has 0 unspecified atom stereocenters. The largest absolute Gasteiger partial charge is 0.383 e. The average Bonchev–Trinajstić information content (AvgIpc) is 3.25. The molecule has 1 aliphatic carbocycles. The van der Waals surface area contributed by atoms with Gasteiger partial charge in [-0.25, -0.2) is 4.39 Å². The van der Waals surface area contributed by atoms with Gasteiger partial charge in [-0.2, -0.15) is 0 Å². The highest BCUT2D eigenvalue weighted by Crippen LogP contribution is 2.38. The number of hydrogen-bond acceptors (Lipinski definition) is 4. The van der Waals surface area contributed by atoms with Gasteiger partial charge >= 0.3 is 0 Å². The number of methoxy groups -OCH3 is 1. The van der Waals surface area contributed by atoms with Crippen LogP contribution in [-0.2, 0) is 24.6 Å². The number of benzene rings is 1. The number of anilines is 1. The number of thiophene rings is 1. The maximum atomic E-state index is 13.6. The number of carbonyl (C=O) groups excluding carboxylic acids is 2. The van der Waals surface area contributed by atoms with Crippen LogP contribution in [0.1, 0.15) is 44.1 Å². The first-order valence-electron chi connectivity index (χ1n) is 9.97. The van der Waals surface area contributed by atoms with Gasteiger partial charge < -0.3 is 19.9 Å². The Labute approximate surface area is 178 Å². The molecule has 0 fully saturated rings. The normalized spacial score (nSPS) is 13.3. The van der Waals surface area contributed by atoms with E-state index in [1.165, 1.54) is 23.5 Å². The van der Waals surface area contributed by atoms with Crippen molar-refractivity contribution < 1.29 is 18.7 Å². The van der Waals surface area contributed by atoms with Gasteiger partial charge in [0.15, 0.2) is 0 Å². The summed E-state index contributed by atoms with van der Waals surface area (Å²) >= 11 is 1.47. The lowest BCUT2D eigenvalue weighted by Crippen LogP contribution is -2.29. The minimum Gasteiger partial charge on any atom is -0.383 e. The van der Waals surface area contributed by atoms with Crippen molar-refractivity contribution in [1.29, 1.82) is 0 Å². The molecule has 30 heavy (non-hydrogen) atoms. The van der Waals surface area contributed by atoms with Gasteiger partial charge in [-0.3, -0.25) is 9.59 Å². The molecule has 0 atom stereocenters. The van der Waals surface area contributed by atoms with Gasteiger partial charge in [-0.15, -0.1) is 11.3 Å². The second-order valence-corrected chi connectivity index (χ2v) is 8.51. The van der Waals surface area contributed by atoms with E-state index in [4.69, 9.17) is 4.74 Å². The zero-order valence-corrected chi connectivity index (χ0v) is 17.8. The quantitative estimate of drug-likeness (QED) is 0.584. The van der Waals surface area contributed by atoms with Crippen LogP contribution >= 0.6 is 11.3 Å². The van der Waals surface area contributed by atoms with Gasteiger partial charge in [0.2, 0.25) is 0 Å². The summed E-state index contributed by atoms with van der Waals surface area (Å²) in [4.78, 5) is 27.1. The number of amides is 2. The summed E-state index contributed by atoms with van der Waals surface area (Å²) in [7, 11) is 3.31. The van der Waals surface area contributed by atoms with E-state index >= 15 is 0 Å². The van der Waals surface area contributed by atoms with Gasteiger partial charge in [0.1, 0.15) is 16.5 Å². The fraction of sp³-hybridized carbons (Fsp3) is 0.364. The SMILES string of the molecule is COCCNC(=O)c1c(NC(=O)c2cc3ccc(F)cc3n2C)sc2c1CCCC2. The van der Waals surface area contributed by atoms with Gasteiger partial charge in [-0.1, -0.05) is 0 Å². The lowest BCUT2D eigenvalue weighted by atomic mass is 9.95. The zero-order valence-electron chi connectivity index (χ0n) is 17.0. The predicted molar refractivity (Wildman–Crippen MR) is 116 cm³/mol. The molecule has 6 nitrogen and oxygen atoms in total. The molecule has 1 aromatic carbocycles. The zero-order chi connectivity index (χ0) is 21.3. The second kappa shape index (κ2) is 8.57. The minimum atomic E-state index is -0.350. The van der Waals surface area contributed by atoms with E-state index in [-0.39, 0.29) is 17.6 Å². The highest BCUT2D eigenvalue weighted by molar-refractivity contribution is 7.17. The molecule has 0 saturated heterocycles. The third-order valence-corrected chi connectivity index (χ3v) is 6.66. The van der Waals surface area contributed by atoms with Crippen LogP contribution in [0.15, 0.2) is 24.3 Å². The Bertz CT molecular complexity index is 1120. The van der Waals surface area contributed by atoms with E-state index in [9.17, 15) is 14.0 Å². The first-order valence-corrected chi connectivity index (χ1v) is 10.8. The van der Waals surface area contributed by atoms with Crippen LogP contribution in [0, 0.1) is 5.82 Å². The number of rotatable bonds is 6. The van der Waals surface area contributed by atoms with Crippen molar-refractivity contribution in [2.75, 3.05) is 25.6 Å². The van der Waals surface area contributed by atoms with Crippen molar-refractivity contribution in [3.8, 4) is 0 Å². The molecule has 0 aliphatic heterocycles.